The number of para-hydroxylation sites is 3. The highest BCUT2D eigenvalue weighted by molar-refractivity contribution is 6.14. The predicted molar refractivity (Wildman–Crippen MR) is 239 cm³/mol. The second-order valence-corrected chi connectivity index (χ2v) is 14.9. The van der Waals surface area contributed by atoms with Crippen molar-refractivity contribution in [1.82, 2.24) is 9.13 Å². The van der Waals surface area contributed by atoms with Gasteiger partial charge in [-0.25, -0.2) is 0 Å². The first-order valence-corrected chi connectivity index (χ1v) is 19.5. The summed E-state index contributed by atoms with van der Waals surface area (Å²) in [6, 6.07) is 74.6. The fourth-order valence-electron chi connectivity index (χ4n) is 9.01. The third-order valence-electron chi connectivity index (χ3n) is 11.7. The summed E-state index contributed by atoms with van der Waals surface area (Å²) in [6.45, 7) is 0. The summed E-state index contributed by atoms with van der Waals surface area (Å²) in [5, 5.41) is 7.21. The van der Waals surface area contributed by atoms with Crippen LogP contribution in [-0.4, -0.2) is 9.13 Å². The monoisotopic (exact) mass is 726 g/mol. The van der Waals surface area contributed by atoms with Crippen molar-refractivity contribution in [1.29, 1.82) is 0 Å². The molecule has 12 aromatic rings. The Balaban J connectivity index is 1.05. The van der Waals surface area contributed by atoms with Crippen molar-refractivity contribution in [2.45, 2.75) is 0 Å². The Labute approximate surface area is 328 Å². The third-order valence-corrected chi connectivity index (χ3v) is 11.7. The summed E-state index contributed by atoms with van der Waals surface area (Å²) < 4.78 is 11.1. The van der Waals surface area contributed by atoms with Gasteiger partial charge in [-0.05, 0) is 118 Å². The van der Waals surface area contributed by atoms with Crippen LogP contribution < -0.4 is 0 Å². The zero-order valence-electron chi connectivity index (χ0n) is 30.9. The van der Waals surface area contributed by atoms with Crippen LogP contribution in [0.3, 0.4) is 0 Å². The Morgan fingerprint density at radius 1 is 0.246 bits per heavy atom. The molecule has 3 heteroatoms. The molecule has 0 aliphatic rings. The number of benzene rings is 9. The highest BCUT2D eigenvalue weighted by Crippen LogP contribution is 2.40. The number of hydrogen-bond donors (Lipinski definition) is 0. The van der Waals surface area contributed by atoms with Gasteiger partial charge in [-0.3, -0.25) is 0 Å². The number of hydrogen-bond acceptors (Lipinski definition) is 1. The highest BCUT2D eigenvalue weighted by Gasteiger charge is 2.18. The van der Waals surface area contributed by atoms with Crippen molar-refractivity contribution in [2.75, 3.05) is 0 Å². The molecule has 3 heterocycles. The molecule has 0 aliphatic heterocycles. The minimum atomic E-state index is 0.904. The van der Waals surface area contributed by atoms with E-state index in [0.29, 0.717) is 0 Å². The smallest absolute Gasteiger partial charge is 0.136 e. The summed E-state index contributed by atoms with van der Waals surface area (Å²) in [6.07, 6.45) is 0. The second kappa shape index (κ2) is 12.5. The van der Waals surface area contributed by atoms with E-state index in [0.717, 1.165) is 44.4 Å². The first-order valence-electron chi connectivity index (χ1n) is 19.5. The van der Waals surface area contributed by atoms with Crippen molar-refractivity contribution < 1.29 is 4.42 Å². The quantitative estimate of drug-likeness (QED) is 0.173. The number of rotatable bonds is 5. The van der Waals surface area contributed by atoms with Crippen molar-refractivity contribution in [3.05, 3.63) is 206 Å². The maximum Gasteiger partial charge on any atom is 0.136 e. The van der Waals surface area contributed by atoms with Crippen LogP contribution in [0.5, 0.6) is 0 Å². The van der Waals surface area contributed by atoms with E-state index in [-0.39, 0.29) is 0 Å². The molecule has 0 radical (unpaired) electrons. The van der Waals surface area contributed by atoms with Crippen molar-refractivity contribution >= 4 is 65.6 Å². The molecule has 0 atom stereocenters. The lowest BCUT2D eigenvalue weighted by molar-refractivity contribution is 0.669. The number of furan rings is 1. The topological polar surface area (TPSA) is 23.0 Å². The highest BCUT2D eigenvalue weighted by atomic mass is 16.3. The predicted octanol–water partition coefficient (Wildman–Crippen LogP) is 14.8. The molecule has 0 bridgehead atoms. The van der Waals surface area contributed by atoms with Crippen LogP contribution in [0.1, 0.15) is 0 Å². The van der Waals surface area contributed by atoms with Crippen LogP contribution in [-0.2, 0) is 0 Å². The molecule has 0 fully saturated rings. The van der Waals surface area contributed by atoms with E-state index in [1.165, 1.54) is 65.9 Å². The fraction of sp³-hybridized carbons (Fsp3) is 0. The average Bonchev–Trinajstić information content (AvgIpc) is 3.93. The van der Waals surface area contributed by atoms with E-state index in [1.807, 2.05) is 12.1 Å². The summed E-state index contributed by atoms with van der Waals surface area (Å²) >= 11 is 0. The lowest BCUT2D eigenvalue weighted by atomic mass is 9.99. The van der Waals surface area contributed by atoms with E-state index in [2.05, 4.69) is 203 Å². The number of nitrogens with zero attached hydrogens (tertiary/aromatic N) is 2. The van der Waals surface area contributed by atoms with Gasteiger partial charge in [0.15, 0.2) is 0 Å². The maximum absolute atomic E-state index is 6.32. The van der Waals surface area contributed by atoms with Crippen molar-refractivity contribution in [3.63, 3.8) is 0 Å². The molecule has 3 nitrogen and oxygen atoms in total. The van der Waals surface area contributed by atoms with E-state index in [1.54, 1.807) is 0 Å². The molecule has 57 heavy (non-hydrogen) atoms. The third kappa shape index (κ3) is 4.99. The van der Waals surface area contributed by atoms with E-state index in [9.17, 15) is 0 Å². The molecular formula is C54H34N2O. The second-order valence-electron chi connectivity index (χ2n) is 14.9. The van der Waals surface area contributed by atoms with Gasteiger partial charge in [-0.1, -0.05) is 121 Å². The zero-order chi connectivity index (χ0) is 37.5. The minimum Gasteiger partial charge on any atom is -0.456 e. The van der Waals surface area contributed by atoms with Gasteiger partial charge in [0.1, 0.15) is 11.2 Å². The minimum absolute atomic E-state index is 0.904. The lowest BCUT2D eigenvalue weighted by Crippen LogP contribution is -1.94. The molecule has 0 unspecified atom stereocenters. The number of aromatic nitrogens is 2. The molecular weight excluding hydrogens is 693 g/mol. The SMILES string of the molecule is c1ccc(-c2ccc(-n3c4ccc(-c5ccc6c(c5)oc5ccccc56)cc4c4cc(-c5ccc6c(c5)c5ccccc5n6-c5ccccc5)ccc43)cc2)cc1. The summed E-state index contributed by atoms with van der Waals surface area (Å²) in [5.74, 6) is 0. The van der Waals surface area contributed by atoms with E-state index >= 15 is 0 Å². The first kappa shape index (κ1) is 31.7. The van der Waals surface area contributed by atoms with Crippen molar-refractivity contribution in [2.24, 2.45) is 0 Å². The largest absolute Gasteiger partial charge is 0.456 e. The number of fused-ring (bicyclic) bond motifs is 9. The first-order chi connectivity index (χ1) is 28.2. The molecule has 0 N–H and O–H groups in total. The van der Waals surface area contributed by atoms with Crippen LogP contribution >= 0.6 is 0 Å². The van der Waals surface area contributed by atoms with Crippen molar-refractivity contribution in [3.8, 4) is 44.8 Å². The molecule has 266 valence electrons. The molecule has 0 aliphatic carbocycles. The van der Waals surface area contributed by atoms with Crippen LogP contribution in [0, 0.1) is 0 Å². The van der Waals surface area contributed by atoms with Gasteiger partial charge in [-0.2, -0.15) is 0 Å². The van der Waals surface area contributed by atoms with Gasteiger partial charge in [-0.15, -0.1) is 0 Å². The Morgan fingerprint density at radius 2 is 0.667 bits per heavy atom. The molecule has 0 amide bonds. The molecule has 0 saturated carbocycles. The van der Waals surface area contributed by atoms with E-state index in [4.69, 9.17) is 4.42 Å². The van der Waals surface area contributed by atoms with Gasteiger partial charge in [0.25, 0.3) is 0 Å². The Bertz CT molecular complexity index is 3490. The van der Waals surface area contributed by atoms with Gasteiger partial charge in [0, 0.05) is 43.7 Å². The maximum atomic E-state index is 6.32. The van der Waals surface area contributed by atoms with Gasteiger partial charge in [0.05, 0.1) is 22.1 Å². The molecule has 12 rings (SSSR count). The molecule has 0 spiro atoms. The standard InChI is InChI=1S/C54H34N2O/c1-3-11-35(12-4-1)36-19-25-42(26-20-36)56-51-29-23-38(37-22-28-50-46(31-37)43-15-7-9-17-49(43)55(50)41-13-5-2-6-14-41)32-47(51)48-33-39(24-30-52(48)56)40-21-27-45-44-16-8-10-18-53(44)57-54(45)34-40/h1-34H. The van der Waals surface area contributed by atoms with Gasteiger partial charge < -0.3 is 13.6 Å². The normalized spacial score (nSPS) is 11.9. The molecule has 3 aromatic heterocycles. The fourth-order valence-corrected chi connectivity index (χ4v) is 9.01. The van der Waals surface area contributed by atoms with Gasteiger partial charge >= 0.3 is 0 Å². The average molecular weight is 727 g/mol. The van der Waals surface area contributed by atoms with Crippen LogP contribution in [0.2, 0.25) is 0 Å². The zero-order valence-corrected chi connectivity index (χ0v) is 30.9. The molecule has 9 aromatic carbocycles. The molecule has 0 saturated heterocycles. The summed E-state index contributed by atoms with van der Waals surface area (Å²) in [5.41, 5.74) is 16.0. The Hall–Kier alpha value is -7.62. The lowest BCUT2D eigenvalue weighted by Gasteiger charge is -2.10. The van der Waals surface area contributed by atoms with Gasteiger partial charge in [0.2, 0.25) is 0 Å². The summed E-state index contributed by atoms with van der Waals surface area (Å²) in [4.78, 5) is 0. The Morgan fingerprint density at radius 3 is 1.32 bits per heavy atom. The van der Waals surface area contributed by atoms with Crippen LogP contribution in [0.15, 0.2) is 211 Å². The van der Waals surface area contributed by atoms with E-state index < -0.39 is 0 Å². The van der Waals surface area contributed by atoms with Crippen LogP contribution in [0.25, 0.3) is 110 Å². The van der Waals surface area contributed by atoms with Crippen LogP contribution in [0.4, 0.5) is 0 Å². The summed E-state index contributed by atoms with van der Waals surface area (Å²) in [7, 11) is 0. The Kier molecular flexibility index (Phi) is 6.93.